The number of carbonyl (C=O) groups is 2. The van der Waals surface area contributed by atoms with Crippen LogP contribution in [0.1, 0.15) is 16.8 Å². The molecule has 0 bridgehead atoms. The molecular formula is C14H19NO5. The molecule has 0 radical (unpaired) electrons. The number of benzene rings is 1. The van der Waals surface area contributed by atoms with Crippen molar-refractivity contribution in [1.29, 1.82) is 0 Å². The van der Waals surface area contributed by atoms with E-state index in [4.69, 9.17) is 9.47 Å². The van der Waals surface area contributed by atoms with E-state index in [-0.39, 0.29) is 12.2 Å². The lowest BCUT2D eigenvalue weighted by molar-refractivity contribution is -0.140. The van der Waals surface area contributed by atoms with Crippen LogP contribution in [0.4, 0.5) is 0 Å². The molecule has 110 valence electrons. The van der Waals surface area contributed by atoms with Crippen LogP contribution in [0.15, 0.2) is 18.2 Å². The fourth-order valence-electron chi connectivity index (χ4n) is 1.77. The maximum atomic E-state index is 12.5. The summed E-state index contributed by atoms with van der Waals surface area (Å²) in [5.74, 6) is 0.260. The third-order valence-corrected chi connectivity index (χ3v) is 2.94. The number of likely N-dealkylation sites (N-methyl/N-ethyl adjacent to an activating group) is 1. The largest absolute Gasteiger partial charge is 0.497 e. The minimum Gasteiger partial charge on any atom is -0.497 e. The standard InChI is InChI=1S/C14H19NO5/c1-15-11(8-13(16)20-4)14(17)10-7-9(18-2)5-6-12(10)19-3/h5-7,11,15H,8H2,1-4H3. The summed E-state index contributed by atoms with van der Waals surface area (Å²) in [6, 6.07) is 4.26. The van der Waals surface area contributed by atoms with E-state index >= 15 is 0 Å². The topological polar surface area (TPSA) is 73.9 Å². The third-order valence-electron chi connectivity index (χ3n) is 2.94. The van der Waals surface area contributed by atoms with E-state index < -0.39 is 12.0 Å². The molecule has 0 saturated carbocycles. The molecule has 1 atom stereocenters. The Morgan fingerprint density at radius 1 is 1.20 bits per heavy atom. The van der Waals surface area contributed by atoms with Crippen LogP contribution >= 0.6 is 0 Å². The van der Waals surface area contributed by atoms with Crippen LogP contribution in [0.25, 0.3) is 0 Å². The van der Waals surface area contributed by atoms with E-state index in [0.29, 0.717) is 17.1 Å². The summed E-state index contributed by atoms with van der Waals surface area (Å²) in [6.07, 6.45) is -0.0494. The molecule has 0 aliphatic heterocycles. The average molecular weight is 281 g/mol. The summed E-state index contributed by atoms with van der Waals surface area (Å²) in [7, 11) is 5.89. The van der Waals surface area contributed by atoms with Crippen molar-refractivity contribution in [2.45, 2.75) is 12.5 Å². The lowest BCUT2D eigenvalue weighted by Gasteiger charge is -2.16. The Hall–Kier alpha value is -2.08. The first-order valence-corrected chi connectivity index (χ1v) is 6.07. The SMILES string of the molecule is CNC(CC(=O)OC)C(=O)c1cc(OC)ccc1OC. The van der Waals surface area contributed by atoms with Crippen molar-refractivity contribution in [2.75, 3.05) is 28.4 Å². The highest BCUT2D eigenvalue weighted by Crippen LogP contribution is 2.25. The van der Waals surface area contributed by atoms with Crippen molar-refractivity contribution < 1.29 is 23.8 Å². The second-order valence-electron chi connectivity index (χ2n) is 4.05. The minimum absolute atomic E-state index is 0.0494. The number of esters is 1. The van der Waals surface area contributed by atoms with Gasteiger partial charge in [0.2, 0.25) is 0 Å². The molecule has 1 N–H and O–H groups in total. The Morgan fingerprint density at radius 3 is 2.40 bits per heavy atom. The van der Waals surface area contributed by atoms with Crippen LogP contribution in [0.2, 0.25) is 0 Å². The molecule has 20 heavy (non-hydrogen) atoms. The zero-order valence-corrected chi connectivity index (χ0v) is 12.1. The zero-order valence-electron chi connectivity index (χ0n) is 12.1. The van der Waals surface area contributed by atoms with E-state index in [0.717, 1.165) is 0 Å². The van der Waals surface area contributed by atoms with Gasteiger partial charge in [-0.15, -0.1) is 0 Å². The fourth-order valence-corrected chi connectivity index (χ4v) is 1.77. The molecule has 1 aromatic rings. The van der Waals surface area contributed by atoms with E-state index in [2.05, 4.69) is 10.1 Å². The quantitative estimate of drug-likeness (QED) is 0.594. The van der Waals surface area contributed by atoms with Crippen LogP contribution in [0.5, 0.6) is 11.5 Å². The summed E-state index contributed by atoms with van der Waals surface area (Å²) >= 11 is 0. The molecule has 0 amide bonds. The van der Waals surface area contributed by atoms with Gasteiger partial charge < -0.3 is 19.5 Å². The van der Waals surface area contributed by atoms with E-state index in [1.54, 1.807) is 25.2 Å². The number of hydrogen-bond donors (Lipinski definition) is 1. The first-order valence-electron chi connectivity index (χ1n) is 6.07. The number of carbonyl (C=O) groups excluding carboxylic acids is 2. The number of hydrogen-bond acceptors (Lipinski definition) is 6. The maximum absolute atomic E-state index is 12.5. The van der Waals surface area contributed by atoms with Crippen LogP contribution in [-0.4, -0.2) is 46.2 Å². The highest BCUT2D eigenvalue weighted by Gasteiger charge is 2.25. The third kappa shape index (κ3) is 3.71. The van der Waals surface area contributed by atoms with Gasteiger partial charge >= 0.3 is 5.97 Å². The number of ketones is 1. The normalized spacial score (nSPS) is 11.6. The van der Waals surface area contributed by atoms with Gasteiger partial charge in [0.05, 0.1) is 39.4 Å². The van der Waals surface area contributed by atoms with Crippen molar-refractivity contribution in [3.63, 3.8) is 0 Å². The van der Waals surface area contributed by atoms with Gasteiger partial charge in [0.25, 0.3) is 0 Å². The highest BCUT2D eigenvalue weighted by molar-refractivity contribution is 6.04. The van der Waals surface area contributed by atoms with Crippen LogP contribution < -0.4 is 14.8 Å². The number of rotatable bonds is 7. The van der Waals surface area contributed by atoms with Gasteiger partial charge in [-0.3, -0.25) is 9.59 Å². The Bertz CT molecular complexity index is 486. The highest BCUT2D eigenvalue weighted by atomic mass is 16.5. The number of ether oxygens (including phenoxy) is 3. The monoisotopic (exact) mass is 281 g/mol. The van der Waals surface area contributed by atoms with Crippen LogP contribution in [0, 0.1) is 0 Å². The Morgan fingerprint density at radius 2 is 1.90 bits per heavy atom. The zero-order chi connectivity index (χ0) is 15.1. The molecule has 0 spiro atoms. The second kappa shape index (κ2) is 7.49. The first-order chi connectivity index (χ1) is 9.57. The van der Waals surface area contributed by atoms with E-state index in [1.165, 1.54) is 21.3 Å². The van der Waals surface area contributed by atoms with Gasteiger partial charge in [0.15, 0.2) is 5.78 Å². The van der Waals surface area contributed by atoms with Crippen LogP contribution in [-0.2, 0) is 9.53 Å². The molecule has 0 fully saturated rings. The second-order valence-corrected chi connectivity index (χ2v) is 4.05. The van der Waals surface area contributed by atoms with Gasteiger partial charge in [-0.25, -0.2) is 0 Å². The van der Waals surface area contributed by atoms with Crippen molar-refractivity contribution in [1.82, 2.24) is 5.32 Å². The summed E-state index contributed by atoms with van der Waals surface area (Å²) in [5.41, 5.74) is 0.357. The summed E-state index contributed by atoms with van der Waals surface area (Å²) in [4.78, 5) is 23.8. The van der Waals surface area contributed by atoms with Crippen molar-refractivity contribution in [2.24, 2.45) is 0 Å². The van der Waals surface area contributed by atoms with Gasteiger partial charge in [-0.1, -0.05) is 0 Å². The molecule has 6 nitrogen and oxygen atoms in total. The molecule has 0 aliphatic rings. The van der Waals surface area contributed by atoms with E-state index in [1.807, 2.05) is 0 Å². The smallest absolute Gasteiger partial charge is 0.307 e. The molecule has 0 heterocycles. The van der Waals surface area contributed by atoms with Gasteiger partial charge in [0, 0.05) is 0 Å². The maximum Gasteiger partial charge on any atom is 0.307 e. The molecule has 0 saturated heterocycles. The van der Waals surface area contributed by atoms with Crippen molar-refractivity contribution >= 4 is 11.8 Å². The van der Waals surface area contributed by atoms with Crippen LogP contribution in [0.3, 0.4) is 0 Å². The summed E-state index contributed by atoms with van der Waals surface area (Å²) in [5, 5.41) is 2.81. The Kier molecular flexibility index (Phi) is 5.99. The van der Waals surface area contributed by atoms with E-state index in [9.17, 15) is 9.59 Å². The number of Topliss-reactive ketones (excluding diaryl/α,β-unsaturated/α-hetero) is 1. The predicted octanol–water partition coefficient (Wildman–Crippen LogP) is 1.04. The molecule has 1 unspecified atom stereocenters. The predicted molar refractivity (Wildman–Crippen MR) is 73.4 cm³/mol. The molecule has 0 aliphatic carbocycles. The lowest BCUT2D eigenvalue weighted by atomic mass is 10.0. The molecule has 0 aromatic heterocycles. The molecular weight excluding hydrogens is 262 g/mol. The number of nitrogens with one attached hydrogen (secondary N) is 1. The molecule has 1 rings (SSSR count). The average Bonchev–Trinajstić information content (AvgIpc) is 2.50. The number of methoxy groups -OCH3 is 3. The molecule has 1 aromatic carbocycles. The Balaban J connectivity index is 3.07. The summed E-state index contributed by atoms with van der Waals surface area (Å²) in [6.45, 7) is 0. The van der Waals surface area contributed by atoms with Crippen molar-refractivity contribution in [3.8, 4) is 11.5 Å². The van der Waals surface area contributed by atoms with Gasteiger partial charge in [0.1, 0.15) is 11.5 Å². The van der Waals surface area contributed by atoms with Crippen molar-refractivity contribution in [3.05, 3.63) is 23.8 Å². The lowest BCUT2D eigenvalue weighted by Crippen LogP contribution is -2.36. The first kappa shape index (κ1) is 16.0. The fraction of sp³-hybridized carbons (Fsp3) is 0.429. The Labute approximate surface area is 118 Å². The van der Waals surface area contributed by atoms with Gasteiger partial charge in [-0.2, -0.15) is 0 Å². The molecule has 6 heteroatoms. The van der Waals surface area contributed by atoms with Gasteiger partial charge in [-0.05, 0) is 25.2 Å². The minimum atomic E-state index is -0.677. The summed E-state index contributed by atoms with van der Waals surface area (Å²) < 4.78 is 14.9.